The number of aromatic nitrogens is 2. The molecule has 0 saturated heterocycles. The smallest absolute Gasteiger partial charge is 0.224 e. The van der Waals surface area contributed by atoms with Crippen molar-refractivity contribution in [3.63, 3.8) is 0 Å². The molecule has 4 nitrogen and oxygen atoms in total. The topological polar surface area (TPSA) is 46.9 Å². The number of benzene rings is 3. The van der Waals surface area contributed by atoms with Crippen molar-refractivity contribution in [2.75, 3.05) is 6.54 Å². The quantitative estimate of drug-likeness (QED) is 0.439. The maximum Gasteiger partial charge on any atom is 0.224 e. The highest BCUT2D eigenvalue weighted by atomic mass is 16.1. The van der Waals surface area contributed by atoms with Crippen molar-refractivity contribution in [3.05, 3.63) is 101 Å². The van der Waals surface area contributed by atoms with Gasteiger partial charge in [0.05, 0.1) is 17.5 Å². The monoisotopic (exact) mass is 397 g/mol. The molecule has 0 saturated carbocycles. The van der Waals surface area contributed by atoms with E-state index in [4.69, 9.17) is 4.98 Å². The van der Waals surface area contributed by atoms with Crippen LogP contribution < -0.4 is 5.32 Å². The van der Waals surface area contributed by atoms with Gasteiger partial charge in [-0.2, -0.15) is 0 Å². The van der Waals surface area contributed by atoms with Gasteiger partial charge in [0.1, 0.15) is 5.82 Å². The number of hydrogen-bond acceptors (Lipinski definition) is 2. The van der Waals surface area contributed by atoms with Crippen LogP contribution >= 0.6 is 0 Å². The van der Waals surface area contributed by atoms with Crippen LogP contribution in [0, 0.1) is 6.92 Å². The van der Waals surface area contributed by atoms with Crippen molar-refractivity contribution in [1.82, 2.24) is 14.9 Å². The van der Waals surface area contributed by atoms with Crippen molar-refractivity contribution in [2.45, 2.75) is 32.7 Å². The number of carbonyl (C=O) groups excluding carboxylic acids is 1. The van der Waals surface area contributed by atoms with E-state index in [9.17, 15) is 4.79 Å². The first-order chi connectivity index (χ1) is 14.7. The maximum absolute atomic E-state index is 12.2. The number of rotatable bonds is 8. The Balaban J connectivity index is 1.40. The zero-order valence-electron chi connectivity index (χ0n) is 17.3. The average molecular weight is 398 g/mol. The third-order valence-electron chi connectivity index (χ3n) is 5.26. The molecule has 152 valence electrons. The molecule has 0 aliphatic rings. The van der Waals surface area contributed by atoms with Gasteiger partial charge in [-0.15, -0.1) is 0 Å². The third-order valence-corrected chi connectivity index (χ3v) is 5.26. The third kappa shape index (κ3) is 4.95. The summed E-state index contributed by atoms with van der Waals surface area (Å²) in [5.74, 6) is 1.13. The van der Waals surface area contributed by atoms with Crippen LogP contribution in [0.3, 0.4) is 0 Å². The van der Waals surface area contributed by atoms with E-state index in [0.717, 1.165) is 41.8 Å². The average Bonchev–Trinajstić information content (AvgIpc) is 3.09. The minimum atomic E-state index is 0.0643. The molecule has 1 N–H and O–H groups in total. The lowest BCUT2D eigenvalue weighted by Crippen LogP contribution is -2.26. The van der Waals surface area contributed by atoms with Crippen molar-refractivity contribution in [1.29, 1.82) is 0 Å². The van der Waals surface area contributed by atoms with Crippen LogP contribution in [0.1, 0.15) is 28.9 Å². The van der Waals surface area contributed by atoms with Gasteiger partial charge in [-0.1, -0.05) is 72.3 Å². The molecule has 0 atom stereocenters. The van der Waals surface area contributed by atoms with E-state index in [2.05, 4.69) is 59.3 Å². The highest BCUT2D eigenvalue weighted by Crippen LogP contribution is 2.19. The Hall–Kier alpha value is -3.40. The summed E-state index contributed by atoms with van der Waals surface area (Å²) in [4.78, 5) is 17.0. The summed E-state index contributed by atoms with van der Waals surface area (Å²) in [6.07, 6.45) is 2.11. The molecule has 4 heteroatoms. The van der Waals surface area contributed by atoms with Gasteiger partial charge in [0.2, 0.25) is 5.91 Å². The van der Waals surface area contributed by atoms with E-state index >= 15 is 0 Å². The second-order valence-electron chi connectivity index (χ2n) is 7.71. The molecule has 4 rings (SSSR count). The zero-order valence-corrected chi connectivity index (χ0v) is 17.3. The second kappa shape index (κ2) is 9.40. The van der Waals surface area contributed by atoms with Crippen LogP contribution in [-0.4, -0.2) is 22.0 Å². The molecule has 1 heterocycles. The predicted octanol–water partition coefficient (Wildman–Crippen LogP) is 4.68. The van der Waals surface area contributed by atoms with Gasteiger partial charge in [0, 0.05) is 19.5 Å². The Bertz CT molecular complexity index is 1130. The molecule has 0 aliphatic heterocycles. The number of amides is 1. The number of nitrogens with one attached hydrogen (secondary N) is 1. The Morgan fingerprint density at radius 2 is 1.70 bits per heavy atom. The van der Waals surface area contributed by atoms with Crippen LogP contribution in [0.25, 0.3) is 11.0 Å². The first-order valence-electron chi connectivity index (χ1n) is 10.5. The summed E-state index contributed by atoms with van der Waals surface area (Å²) in [5, 5.41) is 3.04. The molecular formula is C26H27N3O. The Kier molecular flexibility index (Phi) is 6.23. The number of imidazole rings is 1. The molecule has 3 aromatic carbocycles. The molecule has 4 aromatic rings. The maximum atomic E-state index is 12.2. The molecule has 1 aromatic heterocycles. The second-order valence-corrected chi connectivity index (χ2v) is 7.71. The normalized spacial score (nSPS) is 11.0. The summed E-state index contributed by atoms with van der Waals surface area (Å²) >= 11 is 0. The van der Waals surface area contributed by atoms with E-state index in [0.29, 0.717) is 13.0 Å². The van der Waals surface area contributed by atoms with Gasteiger partial charge in [-0.3, -0.25) is 4.79 Å². The number of hydrogen-bond donors (Lipinski definition) is 1. The summed E-state index contributed by atoms with van der Waals surface area (Å²) in [7, 11) is 0. The van der Waals surface area contributed by atoms with Crippen molar-refractivity contribution < 1.29 is 4.79 Å². The summed E-state index contributed by atoms with van der Waals surface area (Å²) in [6, 6.07) is 26.7. The van der Waals surface area contributed by atoms with Crippen LogP contribution in [0.5, 0.6) is 0 Å². The lowest BCUT2D eigenvalue weighted by Gasteiger charge is -2.11. The van der Waals surface area contributed by atoms with Crippen molar-refractivity contribution >= 4 is 16.9 Å². The van der Waals surface area contributed by atoms with Crippen molar-refractivity contribution in [3.8, 4) is 0 Å². The number of para-hydroxylation sites is 2. The van der Waals surface area contributed by atoms with Crippen molar-refractivity contribution in [2.24, 2.45) is 0 Å². The van der Waals surface area contributed by atoms with Gasteiger partial charge >= 0.3 is 0 Å². The van der Waals surface area contributed by atoms with Crippen LogP contribution in [-0.2, 0) is 24.2 Å². The standard InChI is InChI=1S/C26H27N3O/c1-20-9-7-12-22(17-20)19-29-24-14-6-5-13-23(24)28-25(29)15-8-16-27-26(30)18-21-10-3-2-4-11-21/h2-7,9-14,17H,8,15-16,18-19H2,1H3,(H,27,30). The van der Waals surface area contributed by atoms with E-state index in [1.807, 2.05) is 36.4 Å². The molecule has 1 amide bonds. The minimum absolute atomic E-state index is 0.0643. The number of aryl methyl sites for hydroxylation is 2. The Morgan fingerprint density at radius 3 is 2.53 bits per heavy atom. The Labute approximate surface area is 177 Å². The van der Waals surface area contributed by atoms with Gasteiger partial charge in [0.15, 0.2) is 0 Å². The van der Waals surface area contributed by atoms with E-state index in [1.165, 1.54) is 11.1 Å². The SMILES string of the molecule is Cc1cccc(Cn2c(CCCNC(=O)Cc3ccccc3)nc3ccccc32)c1. The first-order valence-corrected chi connectivity index (χ1v) is 10.5. The number of fused-ring (bicyclic) bond motifs is 1. The minimum Gasteiger partial charge on any atom is -0.356 e. The number of nitrogens with zero attached hydrogens (tertiary/aromatic N) is 2. The summed E-state index contributed by atoms with van der Waals surface area (Å²) < 4.78 is 2.30. The van der Waals surface area contributed by atoms with Gasteiger partial charge in [-0.05, 0) is 36.6 Å². The Morgan fingerprint density at radius 1 is 0.933 bits per heavy atom. The van der Waals surface area contributed by atoms with E-state index in [1.54, 1.807) is 0 Å². The molecular weight excluding hydrogens is 370 g/mol. The lowest BCUT2D eigenvalue weighted by atomic mass is 10.1. The van der Waals surface area contributed by atoms with E-state index < -0.39 is 0 Å². The van der Waals surface area contributed by atoms with Gasteiger partial charge in [0.25, 0.3) is 0 Å². The molecule has 0 radical (unpaired) electrons. The summed E-state index contributed by atoms with van der Waals surface area (Å²) in [6.45, 7) is 3.58. The lowest BCUT2D eigenvalue weighted by molar-refractivity contribution is -0.120. The van der Waals surface area contributed by atoms with Crippen LogP contribution in [0.4, 0.5) is 0 Å². The van der Waals surface area contributed by atoms with Crippen LogP contribution in [0.15, 0.2) is 78.9 Å². The predicted molar refractivity (Wildman–Crippen MR) is 121 cm³/mol. The van der Waals surface area contributed by atoms with E-state index in [-0.39, 0.29) is 5.91 Å². The molecule has 0 fully saturated rings. The molecule has 30 heavy (non-hydrogen) atoms. The largest absolute Gasteiger partial charge is 0.356 e. The highest BCUT2D eigenvalue weighted by molar-refractivity contribution is 5.78. The molecule has 0 unspecified atom stereocenters. The van der Waals surface area contributed by atoms with Gasteiger partial charge in [-0.25, -0.2) is 4.98 Å². The molecule has 0 bridgehead atoms. The van der Waals surface area contributed by atoms with Gasteiger partial charge < -0.3 is 9.88 Å². The fourth-order valence-corrected chi connectivity index (χ4v) is 3.80. The summed E-state index contributed by atoms with van der Waals surface area (Å²) in [5.41, 5.74) is 5.75. The van der Waals surface area contributed by atoms with Crippen LogP contribution in [0.2, 0.25) is 0 Å². The molecule has 0 spiro atoms. The fourth-order valence-electron chi connectivity index (χ4n) is 3.80. The first kappa shape index (κ1) is 19.9. The number of carbonyl (C=O) groups is 1. The fraction of sp³-hybridized carbons (Fsp3) is 0.231. The highest BCUT2D eigenvalue weighted by Gasteiger charge is 2.11. The molecule has 0 aliphatic carbocycles. The zero-order chi connectivity index (χ0) is 20.8.